The van der Waals surface area contributed by atoms with Crippen molar-refractivity contribution in [1.29, 1.82) is 0 Å². The lowest BCUT2D eigenvalue weighted by molar-refractivity contribution is 0.507. The van der Waals surface area contributed by atoms with Crippen LogP contribution in [0.4, 0.5) is 11.4 Å². The third kappa shape index (κ3) is 3.01. The van der Waals surface area contributed by atoms with Crippen molar-refractivity contribution in [1.82, 2.24) is 9.97 Å². The zero-order chi connectivity index (χ0) is 15.7. The molecule has 1 aliphatic rings. The van der Waals surface area contributed by atoms with E-state index in [0.29, 0.717) is 10.9 Å². The fourth-order valence-electron chi connectivity index (χ4n) is 3.03. The van der Waals surface area contributed by atoms with E-state index in [-0.39, 0.29) is 6.04 Å². The SMILES string of the molecule is CC(C)CNc1c[nH]c2ncc(Cl)c(N3CCC[C@@H](N)C3)c12. The molecule has 2 aromatic rings. The zero-order valence-corrected chi connectivity index (χ0v) is 14.0. The van der Waals surface area contributed by atoms with Gasteiger partial charge in [0.05, 0.1) is 28.0 Å². The van der Waals surface area contributed by atoms with Gasteiger partial charge in [-0.15, -0.1) is 0 Å². The number of fused-ring (bicyclic) bond motifs is 1. The summed E-state index contributed by atoms with van der Waals surface area (Å²) in [5.41, 5.74) is 9.12. The maximum absolute atomic E-state index is 6.49. The molecule has 3 heterocycles. The minimum Gasteiger partial charge on any atom is -0.383 e. The van der Waals surface area contributed by atoms with Gasteiger partial charge in [-0.25, -0.2) is 4.98 Å². The molecule has 0 saturated carbocycles. The summed E-state index contributed by atoms with van der Waals surface area (Å²) in [4.78, 5) is 9.96. The molecular weight excluding hydrogens is 298 g/mol. The Kier molecular flexibility index (Phi) is 4.45. The zero-order valence-electron chi connectivity index (χ0n) is 13.2. The molecular formula is C16H24ClN5. The molecule has 0 bridgehead atoms. The molecule has 2 aromatic heterocycles. The molecule has 1 saturated heterocycles. The number of piperidine rings is 1. The van der Waals surface area contributed by atoms with E-state index in [2.05, 4.69) is 34.0 Å². The number of aromatic nitrogens is 2. The lowest BCUT2D eigenvalue weighted by Gasteiger charge is -2.33. The number of H-pyrrole nitrogens is 1. The van der Waals surface area contributed by atoms with Gasteiger partial charge in [-0.2, -0.15) is 0 Å². The van der Waals surface area contributed by atoms with E-state index >= 15 is 0 Å². The van der Waals surface area contributed by atoms with Crippen molar-refractivity contribution < 1.29 is 0 Å². The molecule has 0 radical (unpaired) electrons. The number of pyridine rings is 1. The van der Waals surface area contributed by atoms with E-state index in [0.717, 1.165) is 54.9 Å². The summed E-state index contributed by atoms with van der Waals surface area (Å²) < 4.78 is 0. The average molecular weight is 322 g/mol. The molecule has 4 N–H and O–H groups in total. The summed E-state index contributed by atoms with van der Waals surface area (Å²) in [6.07, 6.45) is 5.88. The topological polar surface area (TPSA) is 70.0 Å². The van der Waals surface area contributed by atoms with Crippen LogP contribution in [0.2, 0.25) is 5.02 Å². The second-order valence-electron chi connectivity index (χ2n) is 6.50. The van der Waals surface area contributed by atoms with Gasteiger partial charge in [0.15, 0.2) is 0 Å². The standard InChI is InChI=1S/C16H24ClN5/c1-10(2)6-19-13-8-21-16-14(13)15(12(17)7-20-16)22-5-3-4-11(18)9-22/h7-8,10-11,19H,3-6,9,18H2,1-2H3,(H,20,21)/t11-/m1/s1. The predicted octanol–water partition coefficient (Wildman–Crippen LogP) is 3.21. The molecule has 22 heavy (non-hydrogen) atoms. The molecule has 3 rings (SSSR count). The second-order valence-corrected chi connectivity index (χ2v) is 6.91. The van der Waals surface area contributed by atoms with Gasteiger partial charge in [0.25, 0.3) is 0 Å². The largest absolute Gasteiger partial charge is 0.383 e. The molecule has 0 spiro atoms. The predicted molar refractivity (Wildman–Crippen MR) is 93.9 cm³/mol. The number of nitrogens with zero attached hydrogens (tertiary/aromatic N) is 2. The maximum atomic E-state index is 6.49. The first-order valence-corrected chi connectivity index (χ1v) is 8.34. The molecule has 0 aliphatic carbocycles. The first kappa shape index (κ1) is 15.4. The normalized spacial score (nSPS) is 19.1. The molecule has 0 aromatic carbocycles. The second kappa shape index (κ2) is 6.34. The van der Waals surface area contributed by atoms with Gasteiger partial charge in [-0.1, -0.05) is 25.4 Å². The van der Waals surface area contributed by atoms with Crippen LogP contribution in [0, 0.1) is 5.92 Å². The first-order chi connectivity index (χ1) is 10.6. The third-order valence-corrected chi connectivity index (χ3v) is 4.38. The van der Waals surface area contributed by atoms with Gasteiger partial charge < -0.3 is 20.9 Å². The molecule has 0 amide bonds. The quantitative estimate of drug-likeness (QED) is 0.808. The van der Waals surface area contributed by atoms with Crippen molar-refractivity contribution >= 4 is 34.0 Å². The van der Waals surface area contributed by atoms with Crippen molar-refractivity contribution in [3.63, 3.8) is 0 Å². The van der Waals surface area contributed by atoms with Crippen molar-refractivity contribution in [2.45, 2.75) is 32.7 Å². The third-order valence-electron chi connectivity index (χ3n) is 4.10. The van der Waals surface area contributed by atoms with Gasteiger partial charge in [-0.05, 0) is 18.8 Å². The van der Waals surface area contributed by atoms with E-state index < -0.39 is 0 Å². The minimum absolute atomic E-state index is 0.207. The summed E-state index contributed by atoms with van der Waals surface area (Å²) in [6.45, 7) is 7.13. The maximum Gasteiger partial charge on any atom is 0.141 e. The average Bonchev–Trinajstić information content (AvgIpc) is 2.88. The van der Waals surface area contributed by atoms with E-state index in [1.54, 1.807) is 6.20 Å². The highest BCUT2D eigenvalue weighted by Crippen LogP contribution is 2.38. The molecule has 1 fully saturated rings. The van der Waals surface area contributed by atoms with Crippen LogP contribution in [0.5, 0.6) is 0 Å². The highest BCUT2D eigenvalue weighted by atomic mass is 35.5. The Morgan fingerprint density at radius 2 is 2.36 bits per heavy atom. The molecule has 0 unspecified atom stereocenters. The summed E-state index contributed by atoms with van der Waals surface area (Å²) in [5, 5.41) is 5.26. The van der Waals surface area contributed by atoms with Crippen molar-refractivity contribution in [3.8, 4) is 0 Å². The van der Waals surface area contributed by atoms with Gasteiger partial charge in [0.1, 0.15) is 5.65 Å². The summed E-state index contributed by atoms with van der Waals surface area (Å²) >= 11 is 6.49. The lowest BCUT2D eigenvalue weighted by atomic mass is 10.1. The summed E-state index contributed by atoms with van der Waals surface area (Å²) in [5.74, 6) is 0.573. The number of aromatic amines is 1. The van der Waals surface area contributed by atoms with E-state index in [9.17, 15) is 0 Å². The Labute approximate surface area is 136 Å². The van der Waals surface area contributed by atoms with Crippen LogP contribution in [0.25, 0.3) is 11.0 Å². The number of anilines is 2. The molecule has 1 aliphatic heterocycles. The van der Waals surface area contributed by atoms with Crippen LogP contribution in [-0.2, 0) is 0 Å². The molecule has 6 heteroatoms. The molecule has 5 nitrogen and oxygen atoms in total. The Morgan fingerprint density at radius 1 is 1.55 bits per heavy atom. The van der Waals surface area contributed by atoms with Gasteiger partial charge in [0.2, 0.25) is 0 Å². The van der Waals surface area contributed by atoms with Crippen LogP contribution in [0.15, 0.2) is 12.4 Å². The number of hydrogen-bond acceptors (Lipinski definition) is 4. The fraction of sp³-hybridized carbons (Fsp3) is 0.562. The van der Waals surface area contributed by atoms with Crippen molar-refractivity contribution in [2.24, 2.45) is 11.7 Å². The van der Waals surface area contributed by atoms with Crippen LogP contribution >= 0.6 is 11.6 Å². The van der Waals surface area contributed by atoms with Crippen LogP contribution in [-0.4, -0.2) is 35.6 Å². The first-order valence-electron chi connectivity index (χ1n) is 7.96. The fourth-order valence-corrected chi connectivity index (χ4v) is 3.29. The smallest absolute Gasteiger partial charge is 0.141 e. The summed E-state index contributed by atoms with van der Waals surface area (Å²) in [6, 6.07) is 0.207. The molecule has 1 atom stereocenters. The highest BCUT2D eigenvalue weighted by molar-refractivity contribution is 6.35. The van der Waals surface area contributed by atoms with Gasteiger partial charge in [-0.3, -0.25) is 0 Å². The lowest BCUT2D eigenvalue weighted by Crippen LogP contribution is -2.43. The monoisotopic (exact) mass is 321 g/mol. The highest BCUT2D eigenvalue weighted by Gasteiger charge is 2.23. The van der Waals surface area contributed by atoms with Gasteiger partial charge >= 0.3 is 0 Å². The Balaban J connectivity index is 2.03. The van der Waals surface area contributed by atoms with E-state index in [1.807, 2.05) is 6.20 Å². The summed E-state index contributed by atoms with van der Waals surface area (Å²) in [7, 11) is 0. The van der Waals surface area contributed by atoms with Crippen molar-refractivity contribution in [3.05, 3.63) is 17.4 Å². The Morgan fingerprint density at radius 3 is 3.09 bits per heavy atom. The Bertz CT molecular complexity index is 651. The van der Waals surface area contributed by atoms with Crippen LogP contribution < -0.4 is 16.0 Å². The van der Waals surface area contributed by atoms with Crippen LogP contribution in [0.1, 0.15) is 26.7 Å². The minimum atomic E-state index is 0.207. The number of nitrogens with one attached hydrogen (secondary N) is 2. The molecule has 120 valence electrons. The van der Waals surface area contributed by atoms with Gasteiger partial charge in [0, 0.05) is 31.9 Å². The van der Waals surface area contributed by atoms with E-state index in [4.69, 9.17) is 17.3 Å². The Hall–Kier alpha value is -1.46. The number of hydrogen-bond donors (Lipinski definition) is 3. The van der Waals surface area contributed by atoms with Crippen LogP contribution in [0.3, 0.4) is 0 Å². The number of nitrogens with two attached hydrogens (primary N) is 1. The number of rotatable bonds is 4. The van der Waals surface area contributed by atoms with Crippen molar-refractivity contribution in [2.75, 3.05) is 29.9 Å². The van der Waals surface area contributed by atoms with E-state index in [1.165, 1.54) is 0 Å². The number of halogens is 1.